The first-order chi connectivity index (χ1) is 21.9. The van der Waals surface area contributed by atoms with Gasteiger partial charge in [-0.25, -0.2) is 17.5 Å². The molecule has 0 bridgehead atoms. The van der Waals surface area contributed by atoms with Gasteiger partial charge in [-0.1, -0.05) is 79.5 Å². The maximum Gasteiger partial charge on any atom is 0.266 e. The number of sulfonamides is 1. The number of carbonyl (C=O) groups excluding carboxylic acids is 1. The van der Waals surface area contributed by atoms with Crippen molar-refractivity contribution in [2.45, 2.75) is 38.3 Å². The highest BCUT2D eigenvalue weighted by Crippen LogP contribution is 2.35. The molecule has 1 aliphatic rings. The maximum atomic E-state index is 14.3. The molecule has 6 rings (SSSR count). The van der Waals surface area contributed by atoms with Gasteiger partial charge in [0.2, 0.25) is 0 Å². The van der Waals surface area contributed by atoms with Crippen LogP contribution in [0, 0.1) is 11.2 Å². The summed E-state index contributed by atoms with van der Waals surface area (Å²) in [6, 6.07) is 26.0. The molecule has 1 aliphatic heterocycles. The Bertz CT molecular complexity index is 2020. The van der Waals surface area contributed by atoms with Gasteiger partial charge in [-0.3, -0.25) is 9.10 Å². The molecule has 0 unspecified atom stereocenters. The first-order valence-corrected chi connectivity index (χ1v) is 16.8. The number of benzene rings is 4. The molecule has 11 heteroatoms. The average Bonchev–Trinajstić information content (AvgIpc) is 3.34. The van der Waals surface area contributed by atoms with E-state index in [1.165, 1.54) is 46.8 Å². The first-order valence-electron chi connectivity index (χ1n) is 14.6. The number of para-hydroxylation sites is 1. The number of anilines is 1. The second kappa shape index (κ2) is 12.5. The molecule has 0 aliphatic carbocycles. The van der Waals surface area contributed by atoms with Gasteiger partial charge in [0.25, 0.3) is 15.9 Å². The monoisotopic (exact) mass is 676 g/mol. The second-order valence-corrected chi connectivity index (χ2v) is 14.7. The number of hydrogen-bond acceptors (Lipinski definition) is 4. The highest BCUT2D eigenvalue weighted by Gasteiger charge is 2.35. The van der Waals surface area contributed by atoms with Crippen LogP contribution in [0.1, 0.15) is 41.0 Å². The van der Waals surface area contributed by atoms with Gasteiger partial charge in [0.15, 0.2) is 0 Å². The smallest absolute Gasteiger partial charge is 0.266 e. The van der Waals surface area contributed by atoms with Crippen LogP contribution in [0.15, 0.2) is 108 Å². The maximum absolute atomic E-state index is 14.3. The van der Waals surface area contributed by atoms with Crippen molar-refractivity contribution in [1.29, 1.82) is 0 Å². The van der Waals surface area contributed by atoms with Crippen molar-refractivity contribution in [2.75, 3.05) is 10.8 Å². The highest BCUT2D eigenvalue weighted by molar-refractivity contribution is 7.93. The molecule has 0 saturated carbocycles. The Kier molecular flexibility index (Phi) is 8.67. The third-order valence-corrected chi connectivity index (χ3v) is 10.6. The van der Waals surface area contributed by atoms with E-state index in [9.17, 15) is 17.6 Å². The summed E-state index contributed by atoms with van der Waals surface area (Å²) in [6.45, 7) is 4.83. The largest absolute Gasteiger partial charge is 0.334 e. The molecule has 0 spiro atoms. The van der Waals surface area contributed by atoms with Crippen LogP contribution in [0.3, 0.4) is 0 Å². The van der Waals surface area contributed by atoms with E-state index in [1.807, 2.05) is 47.1 Å². The van der Waals surface area contributed by atoms with Gasteiger partial charge in [0.05, 0.1) is 34.2 Å². The molecular formula is C35H31Cl2FN4O3S. The van der Waals surface area contributed by atoms with Crippen molar-refractivity contribution < 1.29 is 17.6 Å². The number of amides is 1. The molecule has 0 fully saturated rings. The van der Waals surface area contributed by atoms with Crippen LogP contribution < -0.4 is 4.31 Å². The molecule has 1 aromatic heterocycles. The van der Waals surface area contributed by atoms with Crippen molar-refractivity contribution in [3.05, 3.63) is 142 Å². The van der Waals surface area contributed by atoms with Crippen molar-refractivity contribution >= 4 is 44.8 Å². The summed E-state index contributed by atoms with van der Waals surface area (Å²) < 4.78 is 45.4. The number of hydrogen-bond donors (Lipinski definition) is 0. The lowest BCUT2D eigenvalue weighted by molar-refractivity contribution is 0.0680. The van der Waals surface area contributed by atoms with Gasteiger partial charge in [0.1, 0.15) is 10.7 Å². The normalized spacial score (nSPS) is 14.4. The number of carbonyl (C=O) groups is 1. The van der Waals surface area contributed by atoms with Crippen molar-refractivity contribution in [2.24, 2.45) is 5.41 Å². The number of fused-ring (bicyclic) bond motifs is 1. The van der Waals surface area contributed by atoms with E-state index in [0.717, 1.165) is 22.5 Å². The Labute approximate surface area is 277 Å². The molecule has 0 atom stereocenters. The van der Waals surface area contributed by atoms with Crippen LogP contribution >= 0.6 is 23.2 Å². The molecule has 0 radical (unpaired) electrons. The molecule has 0 N–H and O–H groups in total. The van der Waals surface area contributed by atoms with E-state index in [0.29, 0.717) is 18.0 Å². The summed E-state index contributed by atoms with van der Waals surface area (Å²) in [5, 5.41) is 5.16. The van der Waals surface area contributed by atoms with Crippen LogP contribution in [0.25, 0.3) is 5.69 Å². The summed E-state index contributed by atoms with van der Waals surface area (Å²) in [5.41, 5.74) is 3.43. The van der Waals surface area contributed by atoms with Crippen LogP contribution in [0.4, 0.5) is 10.1 Å². The van der Waals surface area contributed by atoms with Gasteiger partial charge in [-0.2, -0.15) is 5.10 Å². The fourth-order valence-corrected chi connectivity index (χ4v) is 7.97. The zero-order chi connectivity index (χ0) is 32.6. The van der Waals surface area contributed by atoms with Crippen LogP contribution in [-0.2, 0) is 29.5 Å². The van der Waals surface area contributed by atoms with Gasteiger partial charge < -0.3 is 4.90 Å². The number of aromatic nitrogens is 2. The Morgan fingerprint density at radius 3 is 2.35 bits per heavy atom. The van der Waals surface area contributed by atoms with Crippen molar-refractivity contribution in [1.82, 2.24) is 14.7 Å². The Morgan fingerprint density at radius 2 is 1.63 bits per heavy atom. The first kappa shape index (κ1) is 31.8. The van der Waals surface area contributed by atoms with Crippen LogP contribution in [-0.4, -0.2) is 35.6 Å². The number of halogens is 3. The van der Waals surface area contributed by atoms with E-state index < -0.39 is 15.8 Å². The lowest BCUT2D eigenvalue weighted by Crippen LogP contribution is -2.37. The predicted molar refractivity (Wildman–Crippen MR) is 178 cm³/mol. The SMILES string of the molecule is CC1(C)Cc2c(cnn2-c2ccccc2Cl)CN(C(=O)c2ccc(Cl)c(S(=O)(=O)N(Cc3ccccc3)c3ccc(F)cc3)c2)C1. The van der Waals surface area contributed by atoms with Gasteiger partial charge in [-0.15, -0.1) is 0 Å². The zero-order valence-electron chi connectivity index (χ0n) is 25.2. The Balaban J connectivity index is 1.36. The summed E-state index contributed by atoms with van der Waals surface area (Å²) >= 11 is 13.0. The summed E-state index contributed by atoms with van der Waals surface area (Å²) in [4.78, 5) is 15.6. The second-order valence-electron chi connectivity index (χ2n) is 12.1. The summed E-state index contributed by atoms with van der Waals surface area (Å²) in [5.74, 6) is -0.830. The van der Waals surface area contributed by atoms with Crippen molar-refractivity contribution in [3.8, 4) is 5.69 Å². The van der Waals surface area contributed by atoms with Gasteiger partial charge in [0, 0.05) is 29.9 Å². The lowest BCUT2D eigenvalue weighted by atomic mass is 9.87. The van der Waals surface area contributed by atoms with E-state index in [-0.39, 0.29) is 45.6 Å². The Hall–Kier alpha value is -4.18. The Morgan fingerprint density at radius 1 is 0.935 bits per heavy atom. The number of rotatable bonds is 7. The van der Waals surface area contributed by atoms with E-state index in [1.54, 1.807) is 23.2 Å². The summed E-state index contributed by atoms with van der Waals surface area (Å²) in [6.07, 6.45) is 2.39. The van der Waals surface area contributed by atoms with E-state index in [2.05, 4.69) is 18.9 Å². The van der Waals surface area contributed by atoms with Gasteiger partial charge in [-0.05, 0) is 72.0 Å². The van der Waals surface area contributed by atoms with Crippen LogP contribution in [0.2, 0.25) is 10.0 Å². The van der Waals surface area contributed by atoms with E-state index in [4.69, 9.17) is 23.2 Å². The number of nitrogens with zero attached hydrogens (tertiary/aromatic N) is 4. The molecule has 0 saturated heterocycles. The minimum Gasteiger partial charge on any atom is -0.334 e. The minimum absolute atomic E-state index is 0.0260. The topological polar surface area (TPSA) is 75.5 Å². The van der Waals surface area contributed by atoms with Gasteiger partial charge >= 0.3 is 0 Å². The fraction of sp³-hybridized carbons (Fsp3) is 0.200. The molecule has 1 amide bonds. The standard InChI is InChI=1S/C35H31Cl2FN4O3S/c1-35(2)19-32-26(20-39-42(32)31-11-7-6-10-29(31)36)22-40(23-35)34(43)25-12-17-30(37)33(18-25)46(44,45)41(21-24-8-4-3-5-9-24)28-15-13-27(38)14-16-28/h3-18,20H,19,21-23H2,1-2H3. The molecular weight excluding hydrogens is 646 g/mol. The molecule has 2 heterocycles. The zero-order valence-corrected chi connectivity index (χ0v) is 27.5. The summed E-state index contributed by atoms with van der Waals surface area (Å²) in [7, 11) is -4.31. The lowest BCUT2D eigenvalue weighted by Gasteiger charge is -2.30. The third-order valence-electron chi connectivity index (χ3n) is 7.98. The molecule has 46 heavy (non-hydrogen) atoms. The molecule has 7 nitrogen and oxygen atoms in total. The fourth-order valence-electron chi connectivity index (χ4n) is 5.80. The molecule has 5 aromatic rings. The molecule has 236 valence electrons. The third kappa shape index (κ3) is 6.40. The molecule has 4 aromatic carbocycles. The van der Waals surface area contributed by atoms with E-state index >= 15 is 0 Å². The highest BCUT2D eigenvalue weighted by atomic mass is 35.5. The van der Waals surface area contributed by atoms with Crippen LogP contribution in [0.5, 0.6) is 0 Å². The average molecular weight is 678 g/mol. The van der Waals surface area contributed by atoms with Crippen molar-refractivity contribution in [3.63, 3.8) is 0 Å². The quantitative estimate of drug-likeness (QED) is 0.175. The minimum atomic E-state index is -4.31. The predicted octanol–water partition coefficient (Wildman–Crippen LogP) is 7.94.